The third-order valence-electron chi connectivity index (χ3n) is 3.07. The first kappa shape index (κ1) is 15.1. The van der Waals surface area contributed by atoms with Gasteiger partial charge in [0.2, 0.25) is 0 Å². The Balaban J connectivity index is 2.09. The van der Waals surface area contributed by atoms with Crippen LogP contribution in [0.5, 0.6) is 0 Å². The maximum Gasteiger partial charge on any atom is 0.416 e. The molecule has 2 aromatic rings. The first-order valence-corrected chi connectivity index (χ1v) is 6.41. The summed E-state index contributed by atoms with van der Waals surface area (Å²) >= 11 is 0. The van der Waals surface area contributed by atoms with E-state index in [-0.39, 0.29) is 0 Å². The van der Waals surface area contributed by atoms with Gasteiger partial charge in [-0.25, -0.2) is 9.97 Å². The van der Waals surface area contributed by atoms with Crippen LogP contribution in [0.3, 0.4) is 0 Å². The number of anilines is 2. The van der Waals surface area contributed by atoms with Crippen molar-refractivity contribution in [3.05, 3.63) is 47.3 Å². The van der Waals surface area contributed by atoms with E-state index < -0.39 is 11.7 Å². The molecular formula is C14H15F3N4. The van der Waals surface area contributed by atoms with Crippen LogP contribution in [-0.2, 0) is 19.1 Å². The number of hydrogen-bond donors (Lipinski definition) is 2. The predicted molar refractivity (Wildman–Crippen MR) is 74.6 cm³/mol. The Kier molecular flexibility index (Phi) is 4.30. The first-order chi connectivity index (χ1) is 9.91. The molecule has 0 aliphatic rings. The number of nitrogens with two attached hydrogens (primary N) is 1. The van der Waals surface area contributed by atoms with Crippen LogP contribution in [0.15, 0.2) is 30.6 Å². The quantitative estimate of drug-likeness (QED) is 0.909. The lowest BCUT2D eigenvalue weighted by Gasteiger charge is -2.12. The summed E-state index contributed by atoms with van der Waals surface area (Å²) in [6.45, 7) is 2.29. The lowest BCUT2D eigenvalue weighted by Crippen LogP contribution is -2.08. The normalized spacial score (nSPS) is 11.4. The highest BCUT2D eigenvalue weighted by molar-refractivity contribution is 5.55. The highest BCUT2D eigenvalue weighted by atomic mass is 19.4. The predicted octanol–water partition coefficient (Wildman–Crippen LogP) is 3.25. The summed E-state index contributed by atoms with van der Waals surface area (Å²) in [5, 5.41) is 3.07. The number of benzene rings is 1. The summed E-state index contributed by atoms with van der Waals surface area (Å²) in [7, 11) is 0. The van der Waals surface area contributed by atoms with Gasteiger partial charge in [0.1, 0.15) is 18.0 Å². The lowest BCUT2D eigenvalue weighted by atomic mass is 10.1. The molecule has 0 saturated carbocycles. The van der Waals surface area contributed by atoms with Gasteiger partial charge in [0.15, 0.2) is 0 Å². The smallest absolute Gasteiger partial charge is 0.383 e. The SMILES string of the molecule is CCc1c(N)ncnc1NCc1ccc(C(F)(F)F)cc1. The number of hydrogen-bond acceptors (Lipinski definition) is 4. The molecule has 4 nitrogen and oxygen atoms in total. The number of nitrogens with zero attached hydrogens (tertiary/aromatic N) is 2. The van der Waals surface area contributed by atoms with E-state index >= 15 is 0 Å². The minimum atomic E-state index is -4.32. The van der Waals surface area contributed by atoms with Crippen LogP contribution in [0.1, 0.15) is 23.6 Å². The van der Waals surface area contributed by atoms with Crippen LogP contribution in [0.25, 0.3) is 0 Å². The first-order valence-electron chi connectivity index (χ1n) is 6.41. The van der Waals surface area contributed by atoms with Gasteiger partial charge in [0.05, 0.1) is 5.56 Å². The molecule has 0 atom stereocenters. The average Bonchev–Trinajstić information content (AvgIpc) is 2.44. The van der Waals surface area contributed by atoms with Crippen molar-refractivity contribution < 1.29 is 13.2 Å². The second-order valence-electron chi connectivity index (χ2n) is 4.49. The van der Waals surface area contributed by atoms with Crippen molar-refractivity contribution in [3.8, 4) is 0 Å². The van der Waals surface area contributed by atoms with Gasteiger partial charge in [0, 0.05) is 12.1 Å². The molecule has 0 amide bonds. The number of alkyl halides is 3. The van der Waals surface area contributed by atoms with Crippen LogP contribution in [-0.4, -0.2) is 9.97 Å². The molecule has 0 aliphatic carbocycles. The summed E-state index contributed by atoms with van der Waals surface area (Å²) in [4.78, 5) is 8.01. The molecule has 2 rings (SSSR count). The van der Waals surface area contributed by atoms with Crippen LogP contribution >= 0.6 is 0 Å². The van der Waals surface area contributed by atoms with E-state index in [2.05, 4.69) is 15.3 Å². The fraction of sp³-hybridized carbons (Fsp3) is 0.286. The summed E-state index contributed by atoms with van der Waals surface area (Å²) in [6.07, 6.45) is -2.30. The summed E-state index contributed by atoms with van der Waals surface area (Å²) < 4.78 is 37.4. The van der Waals surface area contributed by atoms with E-state index in [1.807, 2.05) is 6.92 Å². The van der Waals surface area contributed by atoms with Gasteiger partial charge < -0.3 is 11.1 Å². The molecule has 1 aromatic carbocycles. The Morgan fingerprint density at radius 1 is 1.14 bits per heavy atom. The maximum absolute atomic E-state index is 12.5. The number of halogens is 3. The molecule has 1 aromatic heterocycles. The number of rotatable bonds is 4. The zero-order valence-corrected chi connectivity index (χ0v) is 11.4. The Morgan fingerprint density at radius 3 is 2.38 bits per heavy atom. The molecule has 3 N–H and O–H groups in total. The monoisotopic (exact) mass is 296 g/mol. The molecule has 112 valence electrons. The molecule has 7 heteroatoms. The molecule has 0 unspecified atom stereocenters. The van der Waals surface area contributed by atoms with E-state index in [0.29, 0.717) is 24.6 Å². The third kappa shape index (κ3) is 3.62. The van der Waals surface area contributed by atoms with Crippen molar-refractivity contribution in [2.24, 2.45) is 0 Å². The van der Waals surface area contributed by atoms with Crippen LogP contribution in [0.4, 0.5) is 24.8 Å². The molecule has 1 heterocycles. The number of aromatic nitrogens is 2. The van der Waals surface area contributed by atoms with Gasteiger partial charge in [-0.2, -0.15) is 13.2 Å². The second kappa shape index (κ2) is 5.99. The largest absolute Gasteiger partial charge is 0.416 e. The summed E-state index contributed by atoms with van der Waals surface area (Å²) in [6, 6.07) is 5.00. The van der Waals surface area contributed by atoms with Crippen LogP contribution < -0.4 is 11.1 Å². The topological polar surface area (TPSA) is 63.8 Å². The third-order valence-corrected chi connectivity index (χ3v) is 3.07. The van der Waals surface area contributed by atoms with Gasteiger partial charge in [-0.05, 0) is 24.1 Å². The van der Waals surface area contributed by atoms with E-state index in [1.165, 1.54) is 18.5 Å². The summed E-state index contributed by atoms with van der Waals surface area (Å²) in [5.74, 6) is 1.01. The number of nitrogens with one attached hydrogen (secondary N) is 1. The minimum Gasteiger partial charge on any atom is -0.383 e. The minimum absolute atomic E-state index is 0.363. The maximum atomic E-state index is 12.5. The highest BCUT2D eigenvalue weighted by Crippen LogP contribution is 2.29. The highest BCUT2D eigenvalue weighted by Gasteiger charge is 2.29. The van der Waals surface area contributed by atoms with Crippen molar-refractivity contribution in [2.75, 3.05) is 11.1 Å². The Bertz CT molecular complexity index is 609. The van der Waals surface area contributed by atoms with Crippen molar-refractivity contribution in [3.63, 3.8) is 0 Å². The standard InChI is InChI=1S/C14H15F3N4/c1-2-11-12(18)20-8-21-13(11)19-7-9-3-5-10(6-4-9)14(15,16)17/h3-6,8H,2,7H2,1H3,(H3,18,19,20,21). The average molecular weight is 296 g/mol. The van der Waals surface area contributed by atoms with Gasteiger partial charge in [-0.1, -0.05) is 19.1 Å². The van der Waals surface area contributed by atoms with Crippen molar-refractivity contribution in [1.82, 2.24) is 9.97 Å². The molecule has 0 fully saturated rings. The Morgan fingerprint density at radius 2 is 1.81 bits per heavy atom. The molecule has 0 aliphatic heterocycles. The van der Waals surface area contributed by atoms with Gasteiger partial charge in [0.25, 0.3) is 0 Å². The number of nitrogen functional groups attached to an aromatic ring is 1. The van der Waals surface area contributed by atoms with E-state index in [1.54, 1.807) is 0 Å². The lowest BCUT2D eigenvalue weighted by molar-refractivity contribution is -0.137. The van der Waals surface area contributed by atoms with Gasteiger partial charge in [-0.3, -0.25) is 0 Å². The zero-order chi connectivity index (χ0) is 15.5. The van der Waals surface area contributed by atoms with Crippen molar-refractivity contribution in [1.29, 1.82) is 0 Å². The van der Waals surface area contributed by atoms with E-state index in [9.17, 15) is 13.2 Å². The van der Waals surface area contributed by atoms with E-state index in [4.69, 9.17) is 5.73 Å². The van der Waals surface area contributed by atoms with E-state index in [0.717, 1.165) is 23.3 Å². The Hall–Kier alpha value is -2.31. The molecule has 21 heavy (non-hydrogen) atoms. The fourth-order valence-electron chi connectivity index (χ4n) is 1.92. The molecule has 0 spiro atoms. The van der Waals surface area contributed by atoms with Gasteiger partial charge in [-0.15, -0.1) is 0 Å². The van der Waals surface area contributed by atoms with Crippen LogP contribution in [0, 0.1) is 0 Å². The molecule has 0 radical (unpaired) electrons. The Labute approximate surface area is 120 Å². The molecular weight excluding hydrogens is 281 g/mol. The summed E-state index contributed by atoms with van der Waals surface area (Å²) in [5.41, 5.74) is 6.61. The molecule has 0 bridgehead atoms. The van der Waals surface area contributed by atoms with Gasteiger partial charge >= 0.3 is 6.18 Å². The fourth-order valence-corrected chi connectivity index (χ4v) is 1.92. The molecule has 0 saturated heterocycles. The van der Waals surface area contributed by atoms with Crippen molar-refractivity contribution >= 4 is 11.6 Å². The second-order valence-corrected chi connectivity index (χ2v) is 4.49. The zero-order valence-electron chi connectivity index (χ0n) is 11.4. The van der Waals surface area contributed by atoms with Crippen LogP contribution in [0.2, 0.25) is 0 Å². The van der Waals surface area contributed by atoms with Crippen molar-refractivity contribution in [2.45, 2.75) is 26.1 Å².